The molecule has 1 aromatic heterocycles. The zero-order chi connectivity index (χ0) is 17.2. The molecule has 2 N–H and O–H groups in total. The number of nitrogens with two attached hydrogens (primary N) is 1. The summed E-state index contributed by atoms with van der Waals surface area (Å²) in [6.45, 7) is 0.260. The van der Waals surface area contributed by atoms with Crippen LogP contribution in [0.4, 0.5) is 0 Å². The van der Waals surface area contributed by atoms with Crippen LogP contribution in [-0.2, 0) is 6.61 Å². The molecule has 0 saturated carbocycles. The monoisotopic (exact) mass is 328 g/mol. The minimum Gasteiger partial charge on any atom is -0.486 e. The number of ether oxygens (including phenoxy) is 1. The fourth-order valence-electron chi connectivity index (χ4n) is 3.03. The van der Waals surface area contributed by atoms with Gasteiger partial charge in [-0.2, -0.15) is 0 Å². The summed E-state index contributed by atoms with van der Waals surface area (Å²) in [5.74, 6) is -0.0408. The smallest absolute Gasteiger partial charge is 0.252 e. The van der Waals surface area contributed by atoms with Gasteiger partial charge in [0.15, 0.2) is 0 Å². The van der Waals surface area contributed by atoms with Gasteiger partial charge < -0.3 is 10.5 Å². The van der Waals surface area contributed by atoms with Crippen LogP contribution in [0.3, 0.4) is 0 Å². The number of rotatable bonds is 4. The van der Waals surface area contributed by atoms with Crippen molar-refractivity contribution in [1.82, 2.24) is 4.98 Å². The summed E-state index contributed by atoms with van der Waals surface area (Å²) in [6.07, 6.45) is 0. The Bertz CT molecular complexity index is 1090. The van der Waals surface area contributed by atoms with Gasteiger partial charge in [-0.15, -0.1) is 0 Å². The second-order valence-electron chi connectivity index (χ2n) is 5.77. The first kappa shape index (κ1) is 15.1. The molecule has 4 aromatic rings. The van der Waals surface area contributed by atoms with Crippen LogP contribution < -0.4 is 10.5 Å². The van der Waals surface area contributed by atoms with Gasteiger partial charge in [-0.1, -0.05) is 54.6 Å². The molecule has 4 heteroatoms. The lowest BCUT2D eigenvalue weighted by molar-refractivity contribution is 0.0996. The molecule has 0 unspecified atom stereocenters. The van der Waals surface area contributed by atoms with E-state index in [1.54, 1.807) is 18.2 Å². The zero-order valence-corrected chi connectivity index (χ0v) is 13.5. The van der Waals surface area contributed by atoms with Crippen molar-refractivity contribution in [2.24, 2.45) is 5.73 Å². The molecule has 0 atom stereocenters. The largest absolute Gasteiger partial charge is 0.486 e. The summed E-state index contributed by atoms with van der Waals surface area (Å²) in [5, 5.41) is 3.28. The summed E-state index contributed by atoms with van der Waals surface area (Å²) in [7, 11) is 0. The highest BCUT2D eigenvalue weighted by molar-refractivity contribution is 6.06. The molecule has 4 nitrogen and oxygen atoms in total. The minimum absolute atomic E-state index is 0.260. The average molecular weight is 328 g/mol. The number of carbonyl (C=O) groups is 1. The Labute approximate surface area is 144 Å². The minimum atomic E-state index is -0.507. The van der Waals surface area contributed by atoms with E-state index in [1.165, 1.54) is 0 Å². The molecule has 0 radical (unpaired) electrons. The van der Waals surface area contributed by atoms with Crippen LogP contribution in [0.2, 0.25) is 0 Å². The van der Waals surface area contributed by atoms with Gasteiger partial charge in [-0.05, 0) is 23.6 Å². The molecular formula is C21H16N2O2. The lowest BCUT2D eigenvalue weighted by Crippen LogP contribution is -2.13. The predicted molar refractivity (Wildman–Crippen MR) is 98.5 cm³/mol. The average Bonchev–Trinajstić information content (AvgIpc) is 2.66. The first-order chi connectivity index (χ1) is 12.2. The number of hydrogen-bond donors (Lipinski definition) is 1. The van der Waals surface area contributed by atoms with Crippen molar-refractivity contribution in [3.8, 4) is 5.75 Å². The molecule has 0 aliphatic carbocycles. The number of carbonyl (C=O) groups excluding carboxylic acids is 1. The Morgan fingerprint density at radius 3 is 2.28 bits per heavy atom. The van der Waals surface area contributed by atoms with Gasteiger partial charge in [0.1, 0.15) is 12.4 Å². The first-order valence-electron chi connectivity index (χ1n) is 8.02. The molecular weight excluding hydrogens is 312 g/mol. The van der Waals surface area contributed by atoms with Crippen molar-refractivity contribution < 1.29 is 9.53 Å². The maximum Gasteiger partial charge on any atom is 0.252 e. The number of hydrogen-bond acceptors (Lipinski definition) is 3. The predicted octanol–water partition coefficient (Wildman–Crippen LogP) is 4.07. The molecule has 4 rings (SSSR count). The van der Waals surface area contributed by atoms with Crippen molar-refractivity contribution in [2.45, 2.75) is 6.61 Å². The third kappa shape index (κ3) is 2.78. The number of primary amides is 1. The van der Waals surface area contributed by atoms with Crippen LogP contribution in [0.1, 0.15) is 16.1 Å². The summed E-state index contributed by atoms with van der Waals surface area (Å²) in [5.41, 5.74) is 7.53. The highest BCUT2D eigenvalue weighted by Crippen LogP contribution is 2.27. The highest BCUT2D eigenvalue weighted by Gasteiger charge is 2.11. The number of amides is 1. The Hall–Kier alpha value is -3.40. The van der Waals surface area contributed by atoms with Crippen molar-refractivity contribution in [2.75, 3.05) is 0 Å². The molecule has 0 bridgehead atoms. The van der Waals surface area contributed by atoms with Gasteiger partial charge in [-0.3, -0.25) is 4.79 Å². The van der Waals surface area contributed by atoms with Gasteiger partial charge in [0, 0.05) is 10.8 Å². The molecule has 0 spiro atoms. The summed E-state index contributed by atoms with van der Waals surface area (Å²) in [6, 6.07) is 23.1. The second-order valence-corrected chi connectivity index (χ2v) is 5.77. The molecule has 122 valence electrons. The summed E-state index contributed by atoms with van der Waals surface area (Å²) < 4.78 is 5.88. The lowest BCUT2D eigenvalue weighted by atomic mass is 10.0. The van der Waals surface area contributed by atoms with E-state index >= 15 is 0 Å². The van der Waals surface area contributed by atoms with Crippen LogP contribution >= 0.6 is 0 Å². The van der Waals surface area contributed by atoms with E-state index in [2.05, 4.69) is 12.1 Å². The molecule has 0 fully saturated rings. The number of pyridine rings is 1. The Kier molecular flexibility index (Phi) is 3.78. The topological polar surface area (TPSA) is 65.2 Å². The summed E-state index contributed by atoms with van der Waals surface area (Å²) >= 11 is 0. The zero-order valence-electron chi connectivity index (χ0n) is 13.5. The highest BCUT2D eigenvalue weighted by atomic mass is 16.5. The van der Waals surface area contributed by atoms with Crippen molar-refractivity contribution in [3.05, 3.63) is 84.1 Å². The van der Waals surface area contributed by atoms with Crippen LogP contribution in [0.15, 0.2) is 72.8 Å². The van der Waals surface area contributed by atoms with Crippen LogP contribution in [0.5, 0.6) is 5.75 Å². The van der Waals surface area contributed by atoms with Gasteiger partial charge in [0.25, 0.3) is 5.91 Å². The van der Waals surface area contributed by atoms with E-state index in [9.17, 15) is 4.79 Å². The quantitative estimate of drug-likeness (QED) is 0.574. The molecule has 25 heavy (non-hydrogen) atoms. The fourth-order valence-corrected chi connectivity index (χ4v) is 3.03. The van der Waals surface area contributed by atoms with Gasteiger partial charge in [-0.25, -0.2) is 4.98 Å². The number of para-hydroxylation sites is 2. The third-order valence-electron chi connectivity index (χ3n) is 4.20. The Morgan fingerprint density at radius 2 is 1.48 bits per heavy atom. The second kappa shape index (κ2) is 6.24. The van der Waals surface area contributed by atoms with Crippen molar-refractivity contribution in [3.63, 3.8) is 0 Å². The lowest BCUT2D eigenvalue weighted by Gasteiger charge is -2.12. The van der Waals surface area contributed by atoms with Gasteiger partial charge >= 0.3 is 0 Å². The van der Waals surface area contributed by atoms with E-state index in [-0.39, 0.29) is 6.61 Å². The standard InChI is InChI=1S/C21H16N2O2/c22-21(24)17-10-4-6-12-20(17)25-13-19-16-9-2-1-7-14(16)15-8-3-5-11-18(15)23-19/h1-12H,13H2,(H2,22,24). The van der Waals surface area contributed by atoms with E-state index in [0.29, 0.717) is 11.3 Å². The molecule has 1 amide bonds. The number of benzene rings is 3. The fraction of sp³-hybridized carbons (Fsp3) is 0.0476. The van der Waals surface area contributed by atoms with E-state index < -0.39 is 5.91 Å². The number of nitrogens with zero attached hydrogens (tertiary/aromatic N) is 1. The molecule has 1 heterocycles. The normalized spacial score (nSPS) is 10.9. The van der Waals surface area contributed by atoms with Crippen LogP contribution in [-0.4, -0.2) is 10.9 Å². The van der Waals surface area contributed by atoms with E-state index in [0.717, 1.165) is 27.4 Å². The Morgan fingerprint density at radius 1 is 0.840 bits per heavy atom. The number of aromatic nitrogens is 1. The molecule has 0 saturated heterocycles. The van der Waals surface area contributed by atoms with Crippen LogP contribution in [0, 0.1) is 0 Å². The maximum atomic E-state index is 11.5. The molecule has 0 aliphatic rings. The maximum absolute atomic E-state index is 11.5. The summed E-state index contributed by atoms with van der Waals surface area (Å²) in [4.78, 5) is 16.3. The van der Waals surface area contributed by atoms with Crippen LogP contribution in [0.25, 0.3) is 21.7 Å². The first-order valence-corrected chi connectivity index (χ1v) is 8.02. The Balaban J connectivity index is 1.78. The van der Waals surface area contributed by atoms with E-state index in [1.807, 2.05) is 42.5 Å². The SMILES string of the molecule is NC(=O)c1ccccc1OCc1nc2ccccc2c2ccccc12. The van der Waals surface area contributed by atoms with E-state index in [4.69, 9.17) is 15.5 Å². The molecule has 0 aliphatic heterocycles. The third-order valence-corrected chi connectivity index (χ3v) is 4.20. The molecule has 3 aromatic carbocycles. The van der Waals surface area contributed by atoms with Crippen molar-refractivity contribution >= 4 is 27.6 Å². The van der Waals surface area contributed by atoms with Gasteiger partial charge in [0.2, 0.25) is 0 Å². The van der Waals surface area contributed by atoms with Gasteiger partial charge in [0.05, 0.1) is 16.8 Å². The van der Waals surface area contributed by atoms with Crippen molar-refractivity contribution in [1.29, 1.82) is 0 Å². The number of fused-ring (bicyclic) bond motifs is 3.